The van der Waals surface area contributed by atoms with E-state index >= 15 is 0 Å². The Hall–Kier alpha value is -3.54. The van der Waals surface area contributed by atoms with Crippen LogP contribution in [-0.4, -0.2) is 71.6 Å². The van der Waals surface area contributed by atoms with Crippen molar-refractivity contribution >= 4 is 16.9 Å². The highest BCUT2D eigenvalue weighted by Crippen LogP contribution is 2.34. The summed E-state index contributed by atoms with van der Waals surface area (Å²) in [5.74, 6) is -0.465. The lowest BCUT2D eigenvalue weighted by atomic mass is 9.84. The normalized spacial score (nSPS) is 16.7. The quantitative estimate of drug-likeness (QED) is 0.398. The van der Waals surface area contributed by atoms with E-state index in [4.69, 9.17) is 9.97 Å². The number of aliphatic hydroxyl groups is 2. The second kappa shape index (κ2) is 9.64. The molecule has 1 aromatic carbocycles. The van der Waals surface area contributed by atoms with Crippen molar-refractivity contribution in [2.45, 2.75) is 38.5 Å². The summed E-state index contributed by atoms with van der Waals surface area (Å²) in [6.07, 6.45) is 5.15. The second-order valence-electron chi connectivity index (χ2n) is 10.5. The van der Waals surface area contributed by atoms with Crippen LogP contribution in [0.25, 0.3) is 22.3 Å². The molecule has 38 heavy (non-hydrogen) atoms. The SMILES string of the molecule is Cn1cc(-c2nc3cnc(C(C)(O)C(C)(C)O)cc3nc2N2CCN(Cc3ccc(F)cc3F)CC2)cn1. The zero-order valence-corrected chi connectivity index (χ0v) is 21.9. The molecule has 1 atom stereocenters. The van der Waals surface area contributed by atoms with E-state index in [9.17, 15) is 19.0 Å². The molecule has 1 fully saturated rings. The van der Waals surface area contributed by atoms with E-state index in [1.165, 1.54) is 32.9 Å². The smallest absolute Gasteiger partial charge is 0.156 e. The Morgan fingerprint density at radius 2 is 1.68 bits per heavy atom. The van der Waals surface area contributed by atoms with Crippen molar-refractivity contribution in [1.82, 2.24) is 29.6 Å². The largest absolute Gasteiger partial charge is 0.387 e. The van der Waals surface area contributed by atoms with Crippen LogP contribution in [-0.2, 0) is 19.2 Å². The molecule has 1 aliphatic rings. The second-order valence-corrected chi connectivity index (χ2v) is 10.5. The number of piperazine rings is 1. The molecule has 4 heterocycles. The van der Waals surface area contributed by atoms with Crippen LogP contribution in [0.15, 0.2) is 42.9 Å². The zero-order chi connectivity index (χ0) is 27.2. The minimum Gasteiger partial charge on any atom is -0.387 e. The van der Waals surface area contributed by atoms with Gasteiger partial charge in [0.15, 0.2) is 5.82 Å². The lowest BCUT2D eigenvalue weighted by Gasteiger charge is -2.36. The Labute approximate surface area is 219 Å². The molecular weight excluding hydrogens is 492 g/mol. The number of rotatable bonds is 6. The third kappa shape index (κ3) is 4.96. The van der Waals surface area contributed by atoms with E-state index in [0.29, 0.717) is 60.8 Å². The van der Waals surface area contributed by atoms with Crippen molar-refractivity contribution in [3.8, 4) is 11.3 Å². The van der Waals surface area contributed by atoms with Gasteiger partial charge in [0.2, 0.25) is 0 Å². The van der Waals surface area contributed by atoms with Gasteiger partial charge in [0.05, 0.1) is 29.2 Å². The topological polar surface area (TPSA) is 103 Å². The van der Waals surface area contributed by atoms with Gasteiger partial charge in [0.25, 0.3) is 0 Å². The Kier molecular flexibility index (Phi) is 6.62. The van der Waals surface area contributed by atoms with E-state index in [0.717, 1.165) is 11.6 Å². The first kappa shape index (κ1) is 26.1. The van der Waals surface area contributed by atoms with Crippen LogP contribution in [0.2, 0.25) is 0 Å². The average Bonchev–Trinajstić information content (AvgIpc) is 3.30. The van der Waals surface area contributed by atoms with Gasteiger partial charge in [-0.15, -0.1) is 0 Å². The molecule has 0 radical (unpaired) electrons. The fraction of sp³-hybridized carbons (Fsp3) is 0.407. The number of anilines is 1. The van der Waals surface area contributed by atoms with Gasteiger partial charge in [0.1, 0.15) is 28.4 Å². The monoisotopic (exact) mass is 523 g/mol. The molecule has 2 N–H and O–H groups in total. The number of fused-ring (bicyclic) bond motifs is 1. The van der Waals surface area contributed by atoms with Gasteiger partial charge >= 0.3 is 0 Å². The number of hydrogen-bond donors (Lipinski definition) is 2. The summed E-state index contributed by atoms with van der Waals surface area (Å²) < 4.78 is 29.2. The molecule has 3 aromatic heterocycles. The zero-order valence-electron chi connectivity index (χ0n) is 21.9. The van der Waals surface area contributed by atoms with E-state index in [1.807, 2.05) is 13.2 Å². The molecule has 0 aliphatic carbocycles. The fourth-order valence-corrected chi connectivity index (χ4v) is 4.50. The third-order valence-corrected chi connectivity index (χ3v) is 7.28. The summed E-state index contributed by atoms with van der Waals surface area (Å²) in [5.41, 5.74) is 0.268. The van der Waals surface area contributed by atoms with E-state index < -0.39 is 22.8 Å². The standard InChI is InChI=1S/C27H31F2N7O2/c1-26(2,37)27(3,38)23-12-21-22(14-30-23)32-24(18-13-31-34(4)15-18)25(33-21)36-9-7-35(8-10-36)16-17-5-6-19(28)11-20(17)29/h5-6,11-15,37-38H,7-10,16H2,1-4H3. The molecule has 11 heteroatoms. The summed E-state index contributed by atoms with van der Waals surface area (Å²) in [5, 5.41) is 25.8. The molecule has 200 valence electrons. The van der Waals surface area contributed by atoms with Crippen LogP contribution in [0.3, 0.4) is 0 Å². The molecule has 0 bridgehead atoms. The van der Waals surface area contributed by atoms with Crippen molar-refractivity contribution in [1.29, 1.82) is 0 Å². The van der Waals surface area contributed by atoms with E-state index in [-0.39, 0.29) is 5.69 Å². The number of benzene rings is 1. The summed E-state index contributed by atoms with van der Waals surface area (Å²) in [6, 6.07) is 5.33. The molecule has 0 spiro atoms. The average molecular weight is 524 g/mol. The highest BCUT2D eigenvalue weighted by Gasteiger charge is 2.40. The summed E-state index contributed by atoms with van der Waals surface area (Å²) >= 11 is 0. The third-order valence-electron chi connectivity index (χ3n) is 7.28. The lowest BCUT2D eigenvalue weighted by Crippen LogP contribution is -2.46. The Morgan fingerprint density at radius 3 is 2.32 bits per heavy atom. The molecule has 4 aromatic rings. The summed E-state index contributed by atoms with van der Waals surface area (Å²) in [6.45, 7) is 7.50. The van der Waals surface area contributed by atoms with Crippen molar-refractivity contribution in [3.05, 3.63) is 65.7 Å². The Balaban J connectivity index is 1.47. The van der Waals surface area contributed by atoms with Crippen molar-refractivity contribution < 1.29 is 19.0 Å². The van der Waals surface area contributed by atoms with Gasteiger partial charge in [-0.1, -0.05) is 6.07 Å². The first-order valence-corrected chi connectivity index (χ1v) is 12.5. The molecular formula is C27H31F2N7O2. The molecule has 1 saturated heterocycles. The van der Waals surface area contributed by atoms with Crippen LogP contribution in [0.5, 0.6) is 0 Å². The predicted molar refractivity (Wildman–Crippen MR) is 139 cm³/mol. The number of aromatic nitrogens is 5. The highest BCUT2D eigenvalue weighted by molar-refractivity contribution is 5.83. The first-order chi connectivity index (χ1) is 17.9. The fourth-order valence-electron chi connectivity index (χ4n) is 4.50. The number of pyridine rings is 1. The number of nitrogens with zero attached hydrogens (tertiary/aromatic N) is 7. The summed E-state index contributed by atoms with van der Waals surface area (Å²) in [7, 11) is 1.83. The molecule has 1 unspecified atom stereocenters. The van der Waals surface area contributed by atoms with Gasteiger partial charge in [-0.25, -0.2) is 18.7 Å². The minimum atomic E-state index is -1.60. The van der Waals surface area contributed by atoms with Crippen LogP contribution in [0.1, 0.15) is 32.0 Å². The van der Waals surface area contributed by atoms with Gasteiger partial charge in [-0.05, 0) is 32.9 Å². The van der Waals surface area contributed by atoms with Crippen molar-refractivity contribution in [3.63, 3.8) is 0 Å². The Bertz CT molecular complexity index is 1470. The van der Waals surface area contributed by atoms with Crippen LogP contribution >= 0.6 is 0 Å². The molecule has 5 rings (SSSR count). The van der Waals surface area contributed by atoms with Crippen LogP contribution in [0, 0.1) is 11.6 Å². The highest BCUT2D eigenvalue weighted by atomic mass is 19.1. The van der Waals surface area contributed by atoms with E-state index in [2.05, 4.69) is 19.9 Å². The molecule has 0 amide bonds. The van der Waals surface area contributed by atoms with Crippen LogP contribution < -0.4 is 4.90 Å². The first-order valence-electron chi connectivity index (χ1n) is 12.5. The maximum absolute atomic E-state index is 14.2. The van der Waals surface area contributed by atoms with Gasteiger partial charge < -0.3 is 15.1 Å². The van der Waals surface area contributed by atoms with Gasteiger partial charge in [0, 0.05) is 63.2 Å². The molecule has 0 saturated carbocycles. The number of aryl methyl sites for hydroxylation is 1. The maximum Gasteiger partial charge on any atom is 0.156 e. The number of hydrogen-bond acceptors (Lipinski definition) is 8. The minimum absolute atomic E-state index is 0.290. The van der Waals surface area contributed by atoms with Crippen molar-refractivity contribution in [2.75, 3.05) is 31.1 Å². The lowest BCUT2D eigenvalue weighted by molar-refractivity contribution is -0.127. The summed E-state index contributed by atoms with van der Waals surface area (Å²) in [4.78, 5) is 18.4. The number of halogens is 2. The van der Waals surface area contributed by atoms with Crippen LogP contribution in [0.4, 0.5) is 14.6 Å². The van der Waals surface area contributed by atoms with Crippen molar-refractivity contribution in [2.24, 2.45) is 7.05 Å². The maximum atomic E-state index is 14.2. The van der Waals surface area contributed by atoms with E-state index in [1.54, 1.807) is 23.1 Å². The molecule has 1 aliphatic heterocycles. The van der Waals surface area contributed by atoms with Gasteiger partial charge in [-0.2, -0.15) is 5.10 Å². The molecule has 9 nitrogen and oxygen atoms in total. The Morgan fingerprint density at radius 1 is 0.947 bits per heavy atom. The predicted octanol–water partition coefficient (Wildman–Crippen LogP) is 3.00. The van der Waals surface area contributed by atoms with Gasteiger partial charge in [-0.3, -0.25) is 14.6 Å².